The summed E-state index contributed by atoms with van der Waals surface area (Å²) in [7, 11) is 1.61. The first-order valence-electron chi connectivity index (χ1n) is 5.46. The monoisotopic (exact) mass is 243 g/mol. The summed E-state index contributed by atoms with van der Waals surface area (Å²) in [6.45, 7) is 0. The molecule has 3 amide bonds. The molecule has 0 radical (unpaired) electrons. The first-order valence-corrected chi connectivity index (χ1v) is 5.46. The van der Waals surface area contributed by atoms with E-state index in [1.807, 2.05) is 0 Å². The summed E-state index contributed by atoms with van der Waals surface area (Å²) in [6, 6.07) is -1.58. The average molecular weight is 243 g/mol. The van der Waals surface area contributed by atoms with Gasteiger partial charge in [-0.25, -0.2) is 9.59 Å². The van der Waals surface area contributed by atoms with Crippen molar-refractivity contribution in [3.05, 3.63) is 0 Å². The van der Waals surface area contributed by atoms with Crippen LogP contribution in [-0.4, -0.2) is 47.0 Å². The van der Waals surface area contributed by atoms with E-state index >= 15 is 0 Å². The number of nitrogens with two attached hydrogens (primary N) is 1. The molecule has 0 saturated heterocycles. The number of amides is 3. The number of aliphatic carboxylic acids is 1. The quantitative estimate of drug-likeness (QED) is 0.604. The van der Waals surface area contributed by atoms with Crippen LogP contribution in [0.4, 0.5) is 4.79 Å². The highest BCUT2D eigenvalue weighted by Crippen LogP contribution is 2.23. The molecule has 1 atom stereocenters. The Kier molecular flexibility index (Phi) is 4.30. The van der Waals surface area contributed by atoms with E-state index in [1.165, 1.54) is 4.90 Å². The lowest BCUT2D eigenvalue weighted by Crippen LogP contribution is -2.52. The van der Waals surface area contributed by atoms with E-state index < -0.39 is 30.4 Å². The van der Waals surface area contributed by atoms with Crippen molar-refractivity contribution in [1.82, 2.24) is 10.2 Å². The number of nitrogens with one attached hydrogen (secondary N) is 1. The standard InChI is InChI=1S/C10H17N3O4/c1-13(6-3-2-4-6)10(17)12-7(9(15)16)5-8(11)14/h6-7H,2-5H2,1H3,(H2,11,14)(H,12,17)(H,15,16). The van der Waals surface area contributed by atoms with Crippen molar-refractivity contribution in [1.29, 1.82) is 0 Å². The van der Waals surface area contributed by atoms with Crippen LogP contribution in [0.3, 0.4) is 0 Å². The molecule has 1 rings (SSSR count). The van der Waals surface area contributed by atoms with Gasteiger partial charge in [0, 0.05) is 13.1 Å². The van der Waals surface area contributed by atoms with Crippen LogP contribution < -0.4 is 11.1 Å². The molecule has 0 bridgehead atoms. The maximum absolute atomic E-state index is 11.7. The van der Waals surface area contributed by atoms with Crippen molar-refractivity contribution >= 4 is 17.9 Å². The number of carbonyl (C=O) groups is 3. The van der Waals surface area contributed by atoms with Crippen molar-refractivity contribution < 1.29 is 19.5 Å². The molecule has 0 aromatic heterocycles. The van der Waals surface area contributed by atoms with Crippen LogP contribution in [0.1, 0.15) is 25.7 Å². The highest BCUT2D eigenvalue weighted by molar-refractivity contribution is 5.87. The fourth-order valence-corrected chi connectivity index (χ4v) is 1.59. The zero-order chi connectivity index (χ0) is 13.0. The number of hydrogen-bond acceptors (Lipinski definition) is 3. The molecule has 0 spiro atoms. The van der Waals surface area contributed by atoms with Crippen LogP contribution in [0.25, 0.3) is 0 Å². The van der Waals surface area contributed by atoms with Crippen molar-refractivity contribution in [3.63, 3.8) is 0 Å². The summed E-state index contributed by atoms with van der Waals surface area (Å²) >= 11 is 0. The van der Waals surface area contributed by atoms with Gasteiger partial charge in [0.1, 0.15) is 6.04 Å². The van der Waals surface area contributed by atoms with Crippen LogP contribution in [0.2, 0.25) is 0 Å². The van der Waals surface area contributed by atoms with Crippen LogP contribution in [0.5, 0.6) is 0 Å². The fraction of sp³-hybridized carbons (Fsp3) is 0.700. The Morgan fingerprint density at radius 2 is 2.06 bits per heavy atom. The van der Waals surface area contributed by atoms with E-state index in [0.29, 0.717) is 0 Å². The molecular weight excluding hydrogens is 226 g/mol. The van der Waals surface area contributed by atoms with E-state index in [4.69, 9.17) is 10.8 Å². The summed E-state index contributed by atoms with van der Waals surface area (Å²) in [6.07, 6.45) is 2.53. The van der Waals surface area contributed by atoms with E-state index in [1.54, 1.807) is 7.05 Å². The van der Waals surface area contributed by atoms with Crippen LogP contribution >= 0.6 is 0 Å². The smallest absolute Gasteiger partial charge is 0.326 e. The van der Waals surface area contributed by atoms with Gasteiger partial charge in [0.15, 0.2) is 0 Å². The van der Waals surface area contributed by atoms with Gasteiger partial charge in [-0.3, -0.25) is 4.79 Å². The molecule has 0 aromatic rings. The van der Waals surface area contributed by atoms with E-state index in [2.05, 4.69) is 5.32 Å². The Bertz CT molecular complexity index is 328. The van der Waals surface area contributed by atoms with E-state index in [9.17, 15) is 14.4 Å². The molecular formula is C10H17N3O4. The highest BCUT2D eigenvalue weighted by atomic mass is 16.4. The number of carboxylic acids is 1. The predicted molar refractivity (Wildman–Crippen MR) is 59.2 cm³/mol. The fourth-order valence-electron chi connectivity index (χ4n) is 1.59. The van der Waals surface area contributed by atoms with E-state index in [-0.39, 0.29) is 6.04 Å². The maximum Gasteiger partial charge on any atom is 0.326 e. The number of urea groups is 1. The number of carboxylic acid groups (broad SMARTS) is 1. The van der Waals surface area contributed by atoms with Gasteiger partial charge in [-0.05, 0) is 19.3 Å². The van der Waals surface area contributed by atoms with Crippen molar-refractivity contribution in [2.24, 2.45) is 5.73 Å². The van der Waals surface area contributed by atoms with Crippen LogP contribution in [0.15, 0.2) is 0 Å². The lowest BCUT2D eigenvalue weighted by atomic mass is 9.92. The highest BCUT2D eigenvalue weighted by Gasteiger charge is 2.29. The molecule has 1 unspecified atom stereocenters. The Balaban J connectivity index is 2.50. The Hall–Kier alpha value is -1.79. The van der Waals surface area contributed by atoms with Gasteiger partial charge in [-0.2, -0.15) is 0 Å². The third-order valence-electron chi connectivity index (χ3n) is 2.94. The molecule has 17 heavy (non-hydrogen) atoms. The van der Waals surface area contributed by atoms with Gasteiger partial charge in [0.2, 0.25) is 5.91 Å². The minimum absolute atomic E-state index is 0.165. The zero-order valence-electron chi connectivity index (χ0n) is 9.68. The summed E-state index contributed by atoms with van der Waals surface area (Å²) in [5, 5.41) is 11.1. The number of rotatable bonds is 5. The van der Waals surface area contributed by atoms with Gasteiger partial charge in [0.05, 0.1) is 6.42 Å². The maximum atomic E-state index is 11.7. The molecule has 96 valence electrons. The van der Waals surface area contributed by atoms with Gasteiger partial charge < -0.3 is 21.1 Å². The summed E-state index contributed by atoms with van der Waals surface area (Å²) < 4.78 is 0. The van der Waals surface area contributed by atoms with Crippen LogP contribution in [0, 0.1) is 0 Å². The summed E-state index contributed by atoms with van der Waals surface area (Å²) in [4.78, 5) is 34.6. The summed E-state index contributed by atoms with van der Waals surface area (Å²) in [5.41, 5.74) is 4.91. The molecule has 0 aromatic carbocycles. The normalized spacial score (nSPS) is 16.8. The number of nitrogens with zero attached hydrogens (tertiary/aromatic N) is 1. The largest absolute Gasteiger partial charge is 0.480 e. The molecule has 7 heteroatoms. The Labute approximate surface area is 98.9 Å². The first kappa shape index (κ1) is 13.3. The number of primary amides is 1. The second kappa shape index (κ2) is 5.51. The molecule has 0 aliphatic heterocycles. The predicted octanol–water partition coefficient (Wildman–Crippen LogP) is -0.491. The SMILES string of the molecule is CN(C(=O)NC(CC(N)=O)C(=O)O)C1CCC1. The minimum atomic E-state index is -1.26. The molecule has 0 heterocycles. The topological polar surface area (TPSA) is 113 Å². The Morgan fingerprint density at radius 1 is 1.47 bits per heavy atom. The molecule has 1 fully saturated rings. The number of hydrogen-bond donors (Lipinski definition) is 3. The molecule has 7 nitrogen and oxygen atoms in total. The first-order chi connectivity index (χ1) is 7.91. The number of carbonyl (C=O) groups excluding carboxylic acids is 2. The lowest BCUT2D eigenvalue weighted by Gasteiger charge is -2.35. The molecule has 1 aliphatic carbocycles. The van der Waals surface area contributed by atoms with Gasteiger partial charge >= 0.3 is 12.0 Å². The van der Waals surface area contributed by atoms with Crippen molar-refractivity contribution in [2.75, 3.05) is 7.05 Å². The van der Waals surface area contributed by atoms with E-state index in [0.717, 1.165) is 19.3 Å². The van der Waals surface area contributed by atoms with Crippen LogP contribution in [-0.2, 0) is 9.59 Å². The molecule has 4 N–H and O–H groups in total. The van der Waals surface area contributed by atoms with Crippen molar-refractivity contribution in [3.8, 4) is 0 Å². The average Bonchev–Trinajstić information content (AvgIpc) is 2.12. The minimum Gasteiger partial charge on any atom is -0.480 e. The van der Waals surface area contributed by atoms with Gasteiger partial charge in [0.25, 0.3) is 0 Å². The third-order valence-corrected chi connectivity index (χ3v) is 2.94. The molecule has 1 aliphatic rings. The Morgan fingerprint density at radius 3 is 2.41 bits per heavy atom. The third kappa shape index (κ3) is 3.61. The van der Waals surface area contributed by atoms with Gasteiger partial charge in [-0.15, -0.1) is 0 Å². The second-order valence-corrected chi connectivity index (χ2v) is 4.21. The zero-order valence-corrected chi connectivity index (χ0v) is 9.68. The van der Waals surface area contributed by atoms with Gasteiger partial charge in [-0.1, -0.05) is 0 Å². The molecule has 1 saturated carbocycles. The lowest BCUT2D eigenvalue weighted by molar-refractivity contribution is -0.141. The second-order valence-electron chi connectivity index (χ2n) is 4.21. The van der Waals surface area contributed by atoms with Crippen molar-refractivity contribution in [2.45, 2.75) is 37.8 Å². The summed E-state index contributed by atoms with van der Waals surface area (Å²) in [5.74, 6) is -2.02.